The Hall–Kier alpha value is -1.36. The van der Waals surface area contributed by atoms with Crippen molar-refractivity contribution < 1.29 is 4.79 Å². The van der Waals surface area contributed by atoms with Gasteiger partial charge in [0, 0.05) is 16.3 Å². The SMILES string of the molecule is CCCN1C(=O)NC(=N)C1c1ccc(C(C)(C)C)s1. The fourth-order valence-electron chi connectivity index (χ4n) is 2.20. The molecule has 4 nitrogen and oxygen atoms in total. The van der Waals surface area contributed by atoms with Crippen molar-refractivity contribution in [2.75, 3.05) is 6.54 Å². The second-order valence-electron chi connectivity index (χ2n) is 5.89. The maximum absolute atomic E-state index is 11.8. The van der Waals surface area contributed by atoms with Crippen molar-refractivity contribution in [3.8, 4) is 0 Å². The van der Waals surface area contributed by atoms with Crippen molar-refractivity contribution in [2.45, 2.75) is 45.6 Å². The molecule has 2 amide bonds. The summed E-state index contributed by atoms with van der Waals surface area (Å²) >= 11 is 1.70. The fraction of sp³-hybridized carbons (Fsp3) is 0.571. The van der Waals surface area contributed by atoms with Gasteiger partial charge in [0.05, 0.1) is 0 Å². The van der Waals surface area contributed by atoms with Crippen molar-refractivity contribution in [3.63, 3.8) is 0 Å². The second-order valence-corrected chi connectivity index (χ2v) is 7.01. The van der Waals surface area contributed by atoms with Crippen LogP contribution in [0.25, 0.3) is 0 Å². The molecule has 2 heterocycles. The van der Waals surface area contributed by atoms with Crippen LogP contribution < -0.4 is 5.32 Å². The lowest BCUT2D eigenvalue weighted by atomic mass is 9.95. The zero-order valence-electron chi connectivity index (χ0n) is 11.9. The third-order valence-electron chi connectivity index (χ3n) is 3.19. The van der Waals surface area contributed by atoms with E-state index in [4.69, 9.17) is 5.41 Å². The van der Waals surface area contributed by atoms with Gasteiger partial charge in [0.15, 0.2) is 0 Å². The summed E-state index contributed by atoms with van der Waals surface area (Å²) in [6.45, 7) is 9.25. The van der Waals surface area contributed by atoms with Crippen molar-refractivity contribution in [3.05, 3.63) is 21.9 Å². The van der Waals surface area contributed by atoms with E-state index in [1.54, 1.807) is 16.2 Å². The molecule has 2 rings (SSSR count). The van der Waals surface area contributed by atoms with E-state index in [0.29, 0.717) is 12.4 Å². The normalized spacial score (nSPS) is 20.0. The molecule has 1 aliphatic heterocycles. The van der Waals surface area contributed by atoms with Gasteiger partial charge in [-0.1, -0.05) is 27.7 Å². The van der Waals surface area contributed by atoms with Crippen LogP contribution in [0.3, 0.4) is 0 Å². The summed E-state index contributed by atoms with van der Waals surface area (Å²) in [6, 6.07) is 3.78. The number of rotatable bonds is 3. The molecule has 2 N–H and O–H groups in total. The Labute approximate surface area is 118 Å². The first-order chi connectivity index (χ1) is 8.84. The molecule has 0 bridgehead atoms. The molecule has 0 aliphatic carbocycles. The molecule has 1 aliphatic rings. The van der Waals surface area contributed by atoms with Gasteiger partial charge < -0.3 is 4.90 Å². The molecule has 1 unspecified atom stereocenters. The topological polar surface area (TPSA) is 56.2 Å². The predicted molar refractivity (Wildman–Crippen MR) is 79.0 cm³/mol. The third kappa shape index (κ3) is 2.66. The fourth-order valence-corrected chi connectivity index (χ4v) is 3.39. The van der Waals surface area contributed by atoms with Crippen LogP contribution in [-0.4, -0.2) is 23.3 Å². The molecule has 1 atom stereocenters. The molecule has 0 radical (unpaired) electrons. The molecule has 0 spiro atoms. The van der Waals surface area contributed by atoms with Gasteiger partial charge >= 0.3 is 6.03 Å². The first kappa shape index (κ1) is 14.1. The van der Waals surface area contributed by atoms with Crippen molar-refractivity contribution in [1.82, 2.24) is 10.2 Å². The minimum absolute atomic E-state index is 0.108. The van der Waals surface area contributed by atoms with E-state index in [1.807, 2.05) is 13.0 Å². The lowest BCUT2D eigenvalue weighted by molar-refractivity contribution is 0.206. The number of thiophene rings is 1. The number of urea groups is 1. The number of carbonyl (C=O) groups is 1. The summed E-state index contributed by atoms with van der Waals surface area (Å²) < 4.78 is 0. The molecular weight excluding hydrogens is 258 g/mol. The Morgan fingerprint density at radius 2 is 2.11 bits per heavy atom. The largest absolute Gasteiger partial charge is 0.323 e. The third-order valence-corrected chi connectivity index (χ3v) is 4.75. The molecule has 1 aromatic rings. The highest BCUT2D eigenvalue weighted by Crippen LogP contribution is 2.36. The Kier molecular flexibility index (Phi) is 3.67. The second kappa shape index (κ2) is 4.96. The van der Waals surface area contributed by atoms with E-state index in [1.165, 1.54) is 4.88 Å². The Bertz CT molecular complexity index is 501. The van der Waals surface area contributed by atoms with Crippen LogP contribution >= 0.6 is 11.3 Å². The average molecular weight is 279 g/mol. The number of hydrogen-bond acceptors (Lipinski definition) is 3. The summed E-state index contributed by atoms with van der Waals surface area (Å²) in [6.07, 6.45) is 0.898. The van der Waals surface area contributed by atoms with Gasteiger partial charge in [0.25, 0.3) is 0 Å². The summed E-state index contributed by atoms with van der Waals surface area (Å²) in [5.41, 5.74) is 0.108. The molecule has 19 heavy (non-hydrogen) atoms. The van der Waals surface area contributed by atoms with E-state index in [-0.39, 0.29) is 17.5 Å². The van der Waals surface area contributed by atoms with Gasteiger partial charge in [-0.25, -0.2) is 4.79 Å². The highest BCUT2D eigenvalue weighted by molar-refractivity contribution is 7.12. The number of amides is 2. The smallest absolute Gasteiger partial charge is 0.309 e. The van der Waals surface area contributed by atoms with E-state index in [2.05, 4.69) is 32.2 Å². The maximum atomic E-state index is 11.8. The molecule has 1 fully saturated rings. The maximum Gasteiger partial charge on any atom is 0.323 e. The lowest BCUT2D eigenvalue weighted by Crippen LogP contribution is -2.30. The van der Waals surface area contributed by atoms with Gasteiger partial charge in [-0.2, -0.15) is 0 Å². The molecule has 104 valence electrons. The number of nitrogens with one attached hydrogen (secondary N) is 2. The summed E-state index contributed by atoms with van der Waals surface area (Å²) in [5, 5.41) is 10.6. The predicted octanol–water partition coefficient (Wildman–Crippen LogP) is 3.50. The van der Waals surface area contributed by atoms with Crippen LogP contribution in [-0.2, 0) is 5.41 Å². The lowest BCUT2D eigenvalue weighted by Gasteiger charge is -2.21. The number of nitrogens with zero attached hydrogens (tertiary/aromatic N) is 1. The molecule has 1 aromatic heterocycles. The molecule has 0 saturated carbocycles. The zero-order chi connectivity index (χ0) is 14.2. The van der Waals surface area contributed by atoms with Gasteiger partial charge in [-0.3, -0.25) is 10.7 Å². The molecular formula is C14H21N3OS. The Morgan fingerprint density at radius 1 is 1.42 bits per heavy atom. The number of hydrogen-bond donors (Lipinski definition) is 2. The first-order valence-electron chi connectivity index (χ1n) is 6.61. The highest BCUT2D eigenvalue weighted by atomic mass is 32.1. The van der Waals surface area contributed by atoms with E-state index in [0.717, 1.165) is 11.3 Å². The van der Waals surface area contributed by atoms with E-state index >= 15 is 0 Å². The average Bonchev–Trinajstić information content (AvgIpc) is 2.85. The van der Waals surface area contributed by atoms with Crippen LogP contribution in [0.1, 0.15) is 49.9 Å². The monoisotopic (exact) mass is 279 g/mol. The quantitative estimate of drug-likeness (QED) is 0.874. The molecule has 1 saturated heterocycles. The van der Waals surface area contributed by atoms with Gasteiger partial charge in [-0.15, -0.1) is 11.3 Å². The minimum Gasteiger partial charge on any atom is -0.309 e. The van der Waals surface area contributed by atoms with Crippen LogP contribution in [0.15, 0.2) is 12.1 Å². The van der Waals surface area contributed by atoms with Crippen molar-refractivity contribution in [1.29, 1.82) is 5.41 Å². The number of carbonyl (C=O) groups excluding carboxylic acids is 1. The van der Waals surface area contributed by atoms with Crippen molar-refractivity contribution >= 4 is 23.2 Å². The highest BCUT2D eigenvalue weighted by Gasteiger charge is 2.37. The van der Waals surface area contributed by atoms with Crippen LogP contribution in [0, 0.1) is 5.41 Å². The van der Waals surface area contributed by atoms with Gasteiger partial charge in [0.1, 0.15) is 11.9 Å². The molecule has 5 heteroatoms. The van der Waals surface area contributed by atoms with Crippen LogP contribution in [0.4, 0.5) is 4.79 Å². The molecule has 0 aromatic carbocycles. The standard InChI is InChI=1S/C14H21N3OS/c1-5-8-17-11(12(15)16-13(17)18)9-6-7-10(19-9)14(2,3)4/h6-7,11H,5,8H2,1-4H3,(H2,15,16,18). The van der Waals surface area contributed by atoms with E-state index in [9.17, 15) is 4.79 Å². The first-order valence-corrected chi connectivity index (χ1v) is 7.42. The van der Waals surface area contributed by atoms with Crippen molar-refractivity contribution in [2.24, 2.45) is 0 Å². The Balaban J connectivity index is 2.31. The van der Waals surface area contributed by atoms with Gasteiger partial charge in [-0.05, 0) is 24.0 Å². The zero-order valence-corrected chi connectivity index (χ0v) is 12.7. The summed E-state index contributed by atoms with van der Waals surface area (Å²) in [5.74, 6) is 0.292. The summed E-state index contributed by atoms with van der Waals surface area (Å²) in [4.78, 5) is 15.9. The van der Waals surface area contributed by atoms with Crippen LogP contribution in [0.5, 0.6) is 0 Å². The van der Waals surface area contributed by atoms with Gasteiger partial charge in [0.2, 0.25) is 0 Å². The summed E-state index contributed by atoms with van der Waals surface area (Å²) in [7, 11) is 0. The minimum atomic E-state index is -0.228. The van der Waals surface area contributed by atoms with E-state index < -0.39 is 0 Å². The Morgan fingerprint density at radius 3 is 2.63 bits per heavy atom. The number of amidine groups is 1. The van der Waals surface area contributed by atoms with Crippen LogP contribution in [0.2, 0.25) is 0 Å².